The van der Waals surface area contributed by atoms with Gasteiger partial charge in [-0.15, -0.1) is 11.3 Å². The maximum absolute atomic E-state index is 12.0. The number of nitrogens with two attached hydrogens (primary N) is 1. The summed E-state index contributed by atoms with van der Waals surface area (Å²) >= 11 is 1.78. The van der Waals surface area contributed by atoms with Gasteiger partial charge in [-0.25, -0.2) is 0 Å². The number of carbonyl (C=O) groups is 1. The van der Waals surface area contributed by atoms with Crippen molar-refractivity contribution in [1.82, 2.24) is 4.90 Å². The highest BCUT2D eigenvalue weighted by Crippen LogP contribution is 2.26. The molecular weight excluding hydrogens is 268 g/mol. The quantitative estimate of drug-likeness (QED) is 0.889. The molecule has 0 saturated carbocycles. The first-order valence-electron chi connectivity index (χ1n) is 7.04. The highest BCUT2D eigenvalue weighted by atomic mass is 32.1. The number of hydrogen-bond donors (Lipinski definition) is 1. The van der Waals surface area contributed by atoms with E-state index in [-0.39, 0.29) is 11.9 Å². The van der Waals surface area contributed by atoms with Gasteiger partial charge in [-0.3, -0.25) is 4.79 Å². The molecule has 108 valence electrons. The molecule has 0 aliphatic rings. The Hall–Kier alpha value is -1.39. The van der Waals surface area contributed by atoms with Crippen LogP contribution in [0.15, 0.2) is 29.6 Å². The molecule has 1 heterocycles. The van der Waals surface area contributed by atoms with Crippen molar-refractivity contribution in [2.24, 2.45) is 5.73 Å². The molecule has 1 atom stereocenters. The van der Waals surface area contributed by atoms with Crippen LogP contribution in [0.25, 0.3) is 10.1 Å². The van der Waals surface area contributed by atoms with Crippen LogP contribution >= 0.6 is 11.3 Å². The third kappa shape index (κ3) is 3.38. The Bertz CT molecular complexity index is 579. The number of fused-ring (bicyclic) bond motifs is 1. The molecule has 0 aliphatic carbocycles. The molecule has 1 aromatic carbocycles. The van der Waals surface area contributed by atoms with Crippen LogP contribution in [0, 0.1) is 0 Å². The van der Waals surface area contributed by atoms with Gasteiger partial charge in [-0.2, -0.15) is 0 Å². The Balaban J connectivity index is 1.88. The molecule has 0 saturated heterocycles. The molecule has 0 spiro atoms. The maximum Gasteiger partial charge on any atom is 0.222 e. The zero-order chi connectivity index (χ0) is 14.5. The van der Waals surface area contributed by atoms with E-state index in [9.17, 15) is 4.79 Å². The van der Waals surface area contributed by atoms with Crippen molar-refractivity contribution < 1.29 is 4.79 Å². The van der Waals surface area contributed by atoms with E-state index < -0.39 is 0 Å². The van der Waals surface area contributed by atoms with E-state index in [2.05, 4.69) is 29.6 Å². The first-order chi connectivity index (χ1) is 9.63. The molecule has 1 unspecified atom stereocenters. The monoisotopic (exact) mass is 290 g/mol. The average molecular weight is 290 g/mol. The fourth-order valence-corrected chi connectivity index (χ4v) is 3.23. The van der Waals surface area contributed by atoms with Gasteiger partial charge >= 0.3 is 0 Å². The Morgan fingerprint density at radius 2 is 2.15 bits per heavy atom. The predicted octanol–water partition coefficient (Wildman–Crippen LogP) is 3.03. The molecule has 0 radical (unpaired) electrons. The number of thiophene rings is 1. The lowest BCUT2D eigenvalue weighted by molar-refractivity contribution is -0.131. The molecular formula is C16H22N2OS. The summed E-state index contributed by atoms with van der Waals surface area (Å²) in [6.07, 6.45) is 2.44. The van der Waals surface area contributed by atoms with Crippen LogP contribution in [-0.4, -0.2) is 30.4 Å². The minimum atomic E-state index is 0.115. The standard InChI is InChI=1S/C16H22N2OS/c1-12(10-17)18(2)16(19)9-5-6-13-11-20-15-8-4-3-7-14(13)15/h3-4,7-8,11-12H,5-6,9-10,17H2,1-2H3. The summed E-state index contributed by atoms with van der Waals surface area (Å²) in [7, 11) is 1.83. The average Bonchev–Trinajstić information content (AvgIpc) is 2.89. The summed E-state index contributed by atoms with van der Waals surface area (Å²) < 4.78 is 1.32. The van der Waals surface area contributed by atoms with Gasteiger partial charge < -0.3 is 10.6 Å². The lowest BCUT2D eigenvalue weighted by Gasteiger charge is -2.23. The minimum Gasteiger partial charge on any atom is -0.342 e. The fraction of sp³-hybridized carbons (Fsp3) is 0.438. The van der Waals surface area contributed by atoms with Crippen LogP contribution in [-0.2, 0) is 11.2 Å². The van der Waals surface area contributed by atoms with E-state index in [1.54, 1.807) is 16.2 Å². The first-order valence-corrected chi connectivity index (χ1v) is 7.92. The van der Waals surface area contributed by atoms with Crippen molar-refractivity contribution in [2.45, 2.75) is 32.2 Å². The molecule has 2 N–H and O–H groups in total. The van der Waals surface area contributed by atoms with Crippen LogP contribution < -0.4 is 5.73 Å². The highest BCUT2D eigenvalue weighted by Gasteiger charge is 2.14. The van der Waals surface area contributed by atoms with Crippen molar-refractivity contribution in [3.63, 3.8) is 0 Å². The van der Waals surface area contributed by atoms with E-state index in [4.69, 9.17) is 5.73 Å². The van der Waals surface area contributed by atoms with Gasteiger partial charge in [0.15, 0.2) is 0 Å². The first kappa shape index (κ1) is 15.0. The summed E-state index contributed by atoms with van der Waals surface area (Å²) in [6.45, 7) is 2.49. The SMILES string of the molecule is CC(CN)N(C)C(=O)CCCc1csc2ccccc12. The molecule has 1 aromatic heterocycles. The van der Waals surface area contributed by atoms with E-state index in [0.29, 0.717) is 13.0 Å². The number of amides is 1. The van der Waals surface area contributed by atoms with E-state index in [1.807, 2.05) is 14.0 Å². The van der Waals surface area contributed by atoms with E-state index in [0.717, 1.165) is 12.8 Å². The second kappa shape index (κ2) is 6.86. The third-order valence-electron chi connectivity index (χ3n) is 3.79. The highest BCUT2D eigenvalue weighted by molar-refractivity contribution is 7.17. The van der Waals surface area contributed by atoms with Crippen molar-refractivity contribution in [3.05, 3.63) is 35.2 Å². The Morgan fingerprint density at radius 1 is 1.40 bits per heavy atom. The van der Waals surface area contributed by atoms with E-state index in [1.165, 1.54) is 15.6 Å². The molecule has 0 bridgehead atoms. The Kier molecular flexibility index (Phi) is 5.15. The number of likely N-dealkylation sites (N-methyl/N-ethyl adjacent to an activating group) is 1. The van der Waals surface area contributed by atoms with Crippen LogP contribution in [0.2, 0.25) is 0 Å². The molecule has 20 heavy (non-hydrogen) atoms. The third-order valence-corrected chi connectivity index (χ3v) is 4.81. The second-order valence-corrected chi connectivity index (χ2v) is 6.11. The smallest absolute Gasteiger partial charge is 0.222 e. The molecule has 4 heteroatoms. The van der Waals surface area contributed by atoms with Gasteiger partial charge in [0.2, 0.25) is 5.91 Å². The van der Waals surface area contributed by atoms with Crippen LogP contribution in [0.4, 0.5) is 0 Å². The fourth-order valence-electron chi connectivity index (χ4n) is 2.24. The molecule has 0 fully saturated rings. The topological polar surface area (TPSA) is 46.3 Å². The summed E-state index contributed by atoms with van der Waals surface area (Å²) in [4.78, 5) is 13.8. The normalized spacial score (nSPS) is 12.6. The summed E-state index contributed by atoms with van der Waals surface area (Å²) in [5, 5.41) is 3.54. The van der Waals surface area contributed by atoms with Gasteiger partial charge in [-0.1, -0.05) is 18.2 Å². The van der Waals surface area contributed by atoms with Gasteiger partial charge in [0.25, 0.3) is 0 Å². The maximum atomic E-state index is 12.0. The van der Waals surface area contributed by atoms with E-state index >= 15 is 0 Å². The van der Waals surface area contributed by atoms with Crippen molar-refractivity contribution in [3.8, 4) is 0 Å². The van der Waals surface area contributed by atoms with Crippen molar-refractivity contribution in [2.75, 3.05) is 13.6 Å². The van der Waals surface area contributed by atoms with Crippen molar-refractivity contribution >= 4 is 27.3 Å². The minimum absolute atomic E-state index is 0.115. The van der Waals surface area contributed by atoms with Gasteiger partial charge in [0.1, 0.15) is 0 Å². The molecule has 2 aromatic rings. The van der Waals surface area contributed by atoms with Gasteiger partial charge in [-0.05, 0) is 42.2 Å². The molecule has 3 nitrogen and oxygen atoms in total. The zero-order valence-corrected chi connectivity index (χ0v) is 13.0. The summed E-state index contributed by atoms with van der Waals surface area (Å²) in [5.74, 6) is 0.183. The number of carbonyl (C=O) groups excluding carboxylic acids is 1. The molecule has 2 rings (SSSR count). The number of benzene rings is 1. The van der Waals surface area contributed by atoms with Crippen LogP contribution in [0.3, 0.4) is 0 Å². The lowest BCUT2D eigenvalue weighted by atomic mass is 10.1. The largest absolute Gasteiger partial charge is 0.342 e. The number of hydrogen-bond acceptors (Lipinski definition) is 3. The van der Waals surface area contributed by atoms with Gasteiger partial charge in [0, 0.05) is 30.8 Å². The number of nitrogens with zero attached hydrogens (tertiary/aromatic N) is 1. The van der Waals surface area contributed by atoms with Crippen LogP contribution in [0.5, 0.6) is 0 Å². The predicted molar refractivity (Wildman–Crippen MR) is 86.0 cm³/mol. The van der Waals surface area contributed by atoms with Gasteiger partial charge in [0.05, 0.1) is 0 Å². The number of aryl methyl sites for hydroxylation is 1. The van der Waals surface area contributed by atoms with Crippen molar-refractivity contribution in [1.29, 1.82) is 0 Å². The Labute approximate surface area is 124 Å². The van der Waals surface area contributed by atoms with Crippen LogP contribution in [0.1, 0.15) is 25.3 Å². The summed E-state index contributed by atoms with van der Waals surface area (Å²) in [5.41, 5.74) is 6.94. The molecule has 1 amide bonds. The second-order valence-electron chi connectivity index (χ2n) is 5.20. The molecule has 0 aliphatic heterocycles. The Morgan fingerprint density at radius 3 is 2.90 bits per heavy atom. The number of rotatable bonds is 6. The summed E-state index contributed by atoms with van der Waals surface area (Å²) in [6, 6.07) is 8.55. The lowest BCUT2D eigenvalue weighted by Crippen LogP contribution is -2.39. The zero-order valence-electron chi connectivity index (χ0n) is 12.1.